The second kappa shape index (κ2) is 7.63. The van der Waals surface area contributed by atoms with Crippen molar-refractivity contribution in [3.63, 3.8) is 0 Å². The first kappa shape index (κ1) is 18.7. The van der Waals surface area contributed by atoms with E-state index in [4.69, 9.17) is 4.74 Å². The lowest BCUT2D eigenvalue weighted by Gasteiger charge is -2.26. The van der Waals surface area contributed by atoms with E-state index in [2.05, 4.69) is 10.4 Å². The van der Waals surface area contributed by atoms with Gasteiger partial charge in [0.2, 0.25) is 0 Å². The van der Waals surface area contributed by atoms with Crippen molar-refractivity contribution in [2.24, 2.45) is 13.0 Å². The van der Waals surface area contributed by atoms with E-state index in [9.17, 15) is 15.0 Å². The molecule has 1 aliphatic rings. The van der Waals surface area contributed by atoms with Crippen molar-refractivity contribution in [2.75, 3.05) is 19.8 Å². The van der Waals surface area contributed by atoms with Gasteiger partial charge in [-0.25, -0.2) is 0 Å². The number of aliphatic hydroxyl groups excluding tert-OH is 2. The smallest absolute Gasteiger partial charge is 0.270 e. The molecule has 0 unspecified atom stereocenters. The number of aromatic nitrogens is 2. The normalized spacial score (nSPS) is 15.5. The lowest BCUT2D eigenvalue weighted by atomic mass is 10.0. The second-order valence-electron chi connectivity index (χ2n) is 7.44. The van der Waals surface area contributed by atoms with E-state index in [1.54, 1.807) is 14.0 Å². The summed E-state index contributed by atoms with van der Waals surface area (Å²) in [6, 6.07) is 5.55. The Morgan fingerprint density at radius 3 is 2.69 bits per heavy atom. The van der Waals surface area contributed by atoms with E-state index >= 15 is 0 Å². The van der Waals surface area contributed by atoms with Crippen LogP contribution < -0.4 is 10.1 Å². The molecule has 1 aromatic carbocycles. The fourth-order valence-electron chi connectivity index (χ4n) is 3.39. The molecule has 26 heavy (non-hydrogen) atoms. The van der Waals surface area contributed by atoms with Crippen molar-refractivity contribution in [3.8, 4) is 5.75 Å². The molecule has 1 fully saturated rings. The van der Waals surface area contributed by atoms with Crippen LogP contribution in [0.3, 0.4) is 0 Å². The largest absolute Gasteiger partial charge is 0.493 e. The molecule has 0 spiro atoms. The first-order chi connectivity index (χ1) is 12.5. The number of nitrogens with one attached hydrogen (secondary N) is 1. The summed E-state index contributed by atoms with van der Waals surface area (Å²) in [6.07, 6.45) is 4.97. The summed E-state index contributed by atoms with van der Waals surface area (Å²) in [4.78, 5) is 12.7. The Balaban J connectivity index is 1.83. The summed E-state index contributed by atoms with van der Waals surface area (Å²) in [5.41, 5.74) is -0.0235. The third-order valence-corrected chi connectivity index (χ3v) is 5.09. The summed E-state index contributed by atoms with van der Waals surface area (Å²) < 4.78 is 7.45. The van der Waals surface area contributed by atoms with Gasteiger partial charge >= 0.3 is 0 Å². The Kier molecular flexibility index (Phi) is 5.48. The molecule has 0 bridgehead atoms. The zero-order valence-corrected chi connectivity index (χ0v) is 15.4. The molecule has 3 rings (SSSR count). The van der Waals surface area contributed by atoms with E-state index in [0.717, 1.165) is 5.75 Å². The number of benzene rings is 1. The highest BCUT2D eigenvalue weighted by Crippen LogP contribution is 2.28. The molecule has 0 atom stereocenters. The molecule has 7 heteroatoms. The van der Waals surface area contributed by atoms with Crippen molar-refractivity contribution < 1.29 is 19.7 Å². The van der Waals surface area contributed by atoms with Crippen LogP contribution in [0.25, 0.3) is 10.9 Å². The Hall–Kier alpha value is -2.12. The zero-order valence-electron chi connectivity index (χ0n) is 15.4. The lowest BCUT2D eigenvalue weighted by Crippen LogP contribution is -2.52. The number of ether oxygens (including phenoxy) is 1. The van der Waals surface area contributed by atoms with Gasteiger partial charge in [0.05, 0.1) is 30.9 Å². The van der Waals surface area contributed by atoms with Gasteiger partial charge in [-0.1, -0.05) is 12.8 Å². The zero-order chi connectivity index (χ0) is 18.7. The van der Waals surface area contributed by atoms with Crippen LogP contribution in [-0.2, 0) is 7.05 Å². The van der Waals surface area contributed by atoms with Crippen molar-refractivity contribution >= 4 is 16.8 Å². The molecule has 7 nitrogen and oxygen atoms in total. The monoisotopic (exact) mass is 361 g/mol. The Labute approximate surface area is 153 Å². The van der Waals surface area contributed by atoms with Crippen molar-refractivity contribution in [2.45, 2.75) is 38.1 Å². The van der Waals surface area contributed by atoms with Gasteiger partial charge in [-0.15, -0.1) is 0 Å². The molecule has 1 saturated carbocycles. The number of rotatable bonds is 7. The first-order valence-corrected chi connectivity index (χ1v) is 9.09. The average Bonchev–Trinajstić information content (AvgIpc) is 3.26. The van der Waals surface area contributed by atoms with Gasteiger partial charge in [-0.3, -0.25) is 9.48 Å². The number of aryl methyl sites for hydroxylation is 1. The Morgan fingerprint density at radius 1 is 1.35 bits per heavy atom. The number of amides is 1. The predicted octanol–water partition coefficient (Wildman–Crippen LogP) is 1.62. The fourth-order valence-corrected chi connectivity index (χ4v) is 3.39. The van der Waals surface area contributed by atoms with Gasteiger partial charge in [0.25, 0.3) is 5.91 Å². The quantitative estimate of drug-likeness (QED) is 0.696. The van der Waals surface area contributed by atoms with E-state index in [-0.39, 0.29) is 13.2 Å². The van der Waals surface area contributed by atoms with Gasteiger partial charge < -0.3 is 20.3 Å². The Bertz CT molecular complexity index is 776. The number of hydrogen-bond donors (Lipinski definition) is 3. The van der Waals surface area contributed by atoms with Gasteiger partial charge in [-0.05, 0) is 43.9 Å². The highest BCUT2D eigenvalue weighted by Gasteiger charge is 2.28. The van der Waals surface area contributed by atoms with Gasteiger partial charge in [0.15, 0.2) is 0 Å². The van der Waals surface area contributed by atoms with Crippen molar-refractivity contribution in [1.82, 2.24) is 15.1 Å². The van der Waals surface area contributed by atoms with Crippen LogP contribution >= 0.6 is 0 Å². The van der Waals surface area contributed by atoms with Gasteiger partial charge in [0, 0.05) is 12.4 Å². The third-order valence-electron chi connectivity index (χ3n) is 5.09. The lowest BCUT2D eigenvalue weighted by molar-refractivity contribution is 0.0717. The molecule has 3 N–H and O–H groups in total. The predicted molar refractivity (Wildman–Crippen MR) is 98.2 cm³/mol. The third kappa shape index (κ3) is 3.83. The highest BCUT2D eigenvalue weighted by molar-refractivity contribution is 6.05. The summed E-state index contributed by atoms with van der Waals surface area (Å²) in [5, 5.41) is 26.6. The van der Waals surface area contributed by atoms with Crippen molar-refractivity contribution in [1.29, 1.82) is 0 Å². The maximum Gasteiger partial charge on any atom is 0.270 e. The number of carbonyl (C=O) groups excluding carboxylic acids is 1. The van der Waals surface area contributed by atoms with Crippen LogP contribution in [0, 0.1) is 5.92 Å². The van der Waals surface area contributed by atoms with Crippen LogP contribution in [0.1, 0.15) is 43.1 Å². The molecule has 142 valence electrons. The summed E-state index contributed by atoms with van der Waals surface area (Å²) in [7, 11) is 1.70. The molecule has 1 aromatic heterocycles. The van der Waals surface area contributed by atoms with Gasteiger partial charge in [0.1, 0.15) is 11.4 Å². The number of aliphatic hydroxyl groups is 2. The Morgan fingerprint density at radius 2 is 2.04 bits per heavy atom. The van der Waals surface area contributed by atoms with E-state index in [1.807, 2.05) is 18.2 Å². The maximum atomic E-state index is 12.7. The number of nitrogens with zero attached hydrogens (tertiary/aromatic N) is 2. The van der Waals surface area contributed by atoms with Crippen LogP contribution in [0.15, 0.2) is 18.2 Å². The topological polar surface area (TPSA) is 96.6 Å². The molecule has 0 saturated heterocycles. The second-order valence-corrected chi connectivity index (χ2v) is 7.44. The molecule has 0 aliphatic heterocycles. The van der Waals surface area contributed by atoms with Crippen molar-refractivity contribution in [3.05, 3.63) is 23.9 Å². The number of carbonyl (C=O) groups is 1. The fraction of sp³-hybridized carbons (Fsp3) is 0.579. The van der Waals surface area contributed by atoms with E-state index in [0.29, 0.717) is 29.1 Å². The minimum atomic E-state index is -1.09. The van der Waals surface area contributed by atoms with Gasteiger partial charge in [-0.2, -0.15) is 5.10 Å². The average molecular weight is 361 g/mol. The molecular formula is C19H27N3O4. The molecule has 1 aliphatic carbocycles. The van der Waals surface area contributed by atoms with Crippen LogP contribution in [0.2, 0.25) is 0 Å². The molecule has 1 amide bonds. The molecule has 2 aromatic rings. The van der Waals surface area contributed by atoms with E-state index < -0.39 is 11.4 Å². The highest BCUT2D eigenvalue weighted by atomic mass is 16.5. The SMILES string of the molecule is Cn1nc2ccc(OCC3CCCC3)cc2c1C(=O)NC(C)(CO)CO. The minimum absolute atomic E-state index is 0.360. The standard InChI is InChI=1S/C19H27N3O4/c1-19(11-23,12-24)20-18(25)17-15-9-14(7-8-16(15)21-22(17)2)26-10-13-5-3-4-6-13/h7-9,13,23-24H,3-6,10-12H2,1-2H3,(H,20,25). The molecule has 0 radical (unpaired) electrons. The maximum absolute atomic E-state index is 12.7. The van der Waals surface area contributed by atoms with Crippen LogP contribution in [0.5, 0.6) is 5.75 Å². The molecular weight excluding hydrogens is 334 g/mol. The number of hydrogen-bond acceptors (Lipinski definition) is 5. The summed E-state index contributed by atoms with van der Waals surface area (Å²) >= 11 is 0. The van der Waals surface area contributed by atoms with Crippen LogP contribution in [-0.4, -0.2) is 51.3 Å². The molecule has 1 heterocycles. The van der Waals surface area contributed by atoms with Crippen LogP contribution in [0.4, 0.5) is 0 Å². The minimum Gasteiger partial charge on any atom is -0.493 e. The summed E-state index contributed by atoms with van der Waals surface area (Å²) in [6.45, 7) is 1.56. The first-order valence-electron chi connectivity index (χ1n) is 9.09. The number of fused-ring (bicyclic) bond motifs is 1. The van der Waals surface area contributed by atoms with E-state index in [1.165, 1.54) is 30.4 Å². The summed E-state index contributed by atoms with van der Waals surface area (Å²) in [5.74, 6) is 0.934.